The van der Waals surface area contributed by atoms with E-state index >= 15 is 0 Å². The molecule has 0 bridgehead atoms. The first-order valence-corrected chi connectivity index (χ1v) is 21.2. The summed E-state index contributed by atoms with van der Waals surface area (Å²) in [6, 6.07) is 44.7. The fraction of sp³-hybridized carbons (Fsp3) is 0.333. The number of fused-ring (bicyclic) bond motifs is 3. The molecule has 0 aliphatic carbocycles. The molecule has 56 heavy (non-hydrogen) atoms. The molecule has 0 atom stereocenters. The molecule has 7 rings (SSSR count). The van der Waals surface area contributed by atoms with Gasteiger partial charge in [0.2, 0.25) is 0 Å². The monoisotopic (exact) mass is 743 g/mol. The molecule has 0 spiro atoms. The molecule has 0 amide bonds. The minimum atomic E-state index is 0.687. The Kier molecular flexibility index (Phi) is 13.8. The standard InChI is InChI=1S/C51H57N3O2/c1-3-5-7-9-11-13-23-35-55-49-38-47(50(56-34-22-12-10-8-6-4-2)37-46(49)40-26-18-15-19-27-40)41-30-32-42(33-31-41)54-52-48-36-45(39-24-16-14-17-25-39)43-28-20-21-29-44(43)51(48)53-54/h14-21,24-33,36-38H,3-13,22-23,34-35H2,1-2H3. The van der Waals surface area contributed by atoms with Crippen LogP contribution in [0.5, 0.6) is 11.5 Å². The van der Waals surface area contributed by atoms with Gasteiger partial charge in [0.15, 0.2) is 0 Å². The maximum atomic E-state index is 6.66. The smallest absolute Gasteiger partial charge is 0.128 e. The van der Waals surface area contributed by atoms with E-state index in [1.54, 1.807) is 4.80 Å². The van der Waals surface area contributed by atoms with E-state index < -0.39 is 0 Å². The molecule has 7 aromatic rings. The predicted molar refractivity (Wildman–Crippen MR) is 235 cm³/mol. The molecule has 1 heterocycles. The van der Waals surface area contributed by atoms with Gasteiger partial charge in [-0.05, 0) is 70.8 Å². The van der Waals surface area contributed by atoms with Crippen LogP contribution >= 0.6 is 0 Å². The Morgan fingerprint density at radius 3 is 1.45 bits per heavy atom. The van der Waals surface area contributed by atoms with E-state index in [-0.39, 0.29) is 0 Å². The highest BCUT2D eigenvalue weighted by molar-refractivity contribution is 6.11. The van der Waals surface area contributed by atoms with Crippen LogP contribution in [-0.4, -0.2) is 28.2 Å². The molecule has 0 radical (unpaired) electrons. The lowest BCUT2D eigenvalue weighted by Crippen LogP contribution is -2.03. The second kappa shape index (κ2) is 20.0. The third kappa shape index (κ3) is 9.68. The van der Waals surface area contributed by atoms with Crippen molar-refractivity contribution in [1.82, 2.24) is 15.0 Å². The lowest BCUT2D eigenvalue weighted by Gasteiger charge is -2.19. The van der Waals surface area contributed by atoms with Crippen molar-refractivity contribution in [3.8, 4) is 50.6 Å². The molecule has 0 saturated carbocycles. The Morgan fingerprint density at radius 2 is 0.893 bits per heavy atom. The molecule has 0 aliphatic rings. The fourth-order valence-corrected chi connectivity index (χ4v) is 7.67. The molecule has 288 valence electrons. The third-order valence-electron chi connectivity index (χ3n) is 10.8. The zero-order valence-electron chi connectivity index (χ0n) is 33.4. The summed E-state index contributed by atoms with van der Waals surface area (Å²) in [6.45, 7) is 5.92. The highest BCUT2D eigenvalue weighted by Gasteiger charge is 2.18. The zero-order chi connectivity index (χ0) is 38.4. The largest absolute Gasteiger partial charge is 0.493 e. The van der Waals surface area contributed by atoms with Gasteiger partial charge < -0.3 is 9.47 Å². The lowest BCUT2D eigenvalue weighted by molar-refractivity contribution is 0.298. The quantitative estimate of drug-likeness (QED) is 0.0688. The van der Waals surface area contributed by atoms with Gasteiger partial charge in [-0.1, -0.05) is 182 Å². The molecule has 6 aromatic carbocycles. The second-order valence-electron chi connectivity index (χ2n) is 15.0. The van der Waals surface area contributed by atoms with Gasteiger partial charge in [-0.3, -0.25) is 0 Å². The van der Waals surface area contributed by atoms with Crippen molar-refractivity contribution in [1.29, 1.82) is 0 Å². The van der Waals surface area contributed by atoms with Crippen LogP contribution in [0.2, 0.25) is 0 Å². The first-order chi connectivity index (χ1) is 27.7. The summed E-state index contributed by atoms with van der Waals surface area (Å²) in [5.74, 6) is 1.78. The van der Waals surface area contributed by atoms with Crippen molar-refractivity contribution in [2.24, 2.45) is 0 Å². The molecular weight excluding hydrogens is 687 g/mol. The van der Waals surface area contributed by atoms with Crippen molar-refractivity contribution in [2.75, 3.05) is 13.2 Å². The first kappa shape index (κ1) is 38.8. The normalized spacial score (nSPS) is 11.4. The van der Waals surface area contributed by atoms with Gasteiger partial charge in [0.1, 0.15) is 22.5 Å². The minimum absolute atomic E-state index is 0.687. The summed E-state index contributed by atoms with van der Waals surface area (Å²) >= 11 is 0. The molecule has 0 aliphatic heterocycles. The number of benzene rings is 6. The maximum Gasteiger partial charge on any atom is 0.128 e. The topological polar surface area (TPSA) is 49.2 Å². The van der Waals surface area contributed by atoms with Crippen molar-refractivity contribution in [2.45, 2.75) is 97.3 Å². The highest BCUT2D eigenvalue weighted by Crippen LogP contribution is 2.42. The van der Waals surface area contributed by atoms with Gasteiger partial charge >= 0.3 is 0 Å². The predicted octanol–water partition coefficient (Wildman–Crippen LogP) is 14.4. The summed E-state index contributed by atoms with van der Waals surface area (Å²) < 4.78 is 13.3. The number of ether oxygens (including phenoxy) is 2. The summed E-state index contributed by atoms with van der Waals surface area (Å²) in [5.41, 5.74) is 9.31. The van der Waals surface area contributed by atoms with Crippen molar-refractivity contribution < 1.29 is 9.47 Å². The Labute approximate surface area is 333 Å². The number of rotatable bonds is 21. The molecule has 1 aromatic heterocycles. The van der Waals surface area contributed by atoms with Gasteiger partial charge in [-0.2, -0.15) is 4.80 Å². The average molecular weight is 744 g/mol. The van der Waals surface area contributed by atoms with E-state index in [4.69, 9.17) is 19.7 Å². The van der Waals surface area contributed by atoms with Crippen LogP contribution < -0.4 is 9.47 Å². The van der Waals surface area contributed by atoms with Gasteiger partial charge in [0.05, 0.1) is 18.9 Å². The van der Waals surface area contributed by atoms with Crippen LogP contribution in [0.4, 0.5) is 0 Å². The molecule has 0 fully saturated rings. The number of unbranched alkanes of at least 4 members (excludes halogenated alkanes) is 11. The lowest BCUT2D eigenvalue weighted by atomic mass is 9.97. The Balaban J connectivity index is 1.19. The molecule has 0 unspecified atom stereocenters. The maximum absolute atomic E-state index is 6.66. The molecule has 0 N–H and O–H groups in total. The molecule has 5 heteroatoms. The number of hydrogen-bond acceptors (Lipinski definition) is 4. The molecule has 0 saturated heterocycles. The third-order valence-corrected chi connectivity index (χ3v) is 10.8. The molecular formula is C51H57N3O2. The molecule has 5 nitrogen and oxygen atoms in total. The van der Waals surface area contributed by atoms with E-state index in [0.717, 1.165) is 74.3 Å². The van der Waals surface area contributed by atoms with E-state index in [2.05, 4.69) is 141 Å². The number of nitrogens with zero attached hydrogens (tertiary/aromatic N) is 3. The van der Waals surface area contributed by atoms with Crippen molar-refractivity contribution in [3.05, 3.63) is 127 Å². The van der Waals surface area contributed by atoms with Gasteiger partial charge in [0, 0.05) is 16.5 Å². The summed E-state index contributed by atoms with van der Waals surface area (Å²) in [6.07, 6.45) is 16.1. The Hall–Kier alpha value is -5.42. The number of aromatic nitrogens is 3. The SMILES string of the molecule is CCCCCCCCCOc1cc(-c2ccc(-n3nc4cc(-c5ccccc5)c5ccccc5c4n3)cc2)c(OCCCCCCCC)cc1-c1ccccc1. The average Bonchev–Trinajstić information content (AvgIpc) is 3.69. The van der Waals surface area contributed by atoms with Crippen LogP contribution in [0.1, 0.15) is 97.3 Å². The van der Waals surface area contributed by atoms with Crippen molar-refractivity contribution >= 4 is 21.8 Å². The van der Waals surface area contributed by atoms with E-state index in [9.17, 15) is 0 Å². The Morgan fingerprint density at radius 1 is 0.429 bits per heavy atom. The highest BCUT2D eigenvalue weighted by atomic mass is 16.5. The fourth-order valence-electron chi connectivity index (χ4n) is 7.67. The van der Waals surface area contributed by atoms with E-state index in [1.807, 2.05) is 0 Å². The van der Waals surface area contributed by atoms with Crippen LogP contribution in [0.3, 0.4) is 0 Å². The van der Waals surface area contributed by atoms with Crippen LogP contribution in [0, 0.1) is 0 Å². The van der Waals surface area contributed by atoms with Crippen LogP contribution in [-0.2, 0) is 0 Å². The minimum Gasteiger partial charge on any atom is -0.493 e. The Bertz CT molecular complexity index is 2260. The van der Waals surface area contributed by atoms with E-state index in [0.29, 0.717) is 13.2 Å². The van der Waals surface area contributed by atoms with Gasteiger partial charge in [0.25, 0.3) is 0 Å². The summed E-state index contributed by atoms with van der Waals surface area (Å²) in [7, 11) is 0. The first-order valence-electron chi connectivity index (χ1n) is 21.2. The van der Waals surface area contributed by atoms with Gasteiger partial charge in [-0.25, -0.2) is 0 Å². The van der Waals surface area contributed by atoms with Crippen LogP contribution in [0.15, 0.2) is 127 Å². The second-order valence-corrected chi connectivity index (χ2v) is 15.0. The number of hydrogen-bond donors (Lipinski definition) is 0. The summed E-state index contributed by atoms with van der Waals surface area (Å²) in [5, 5.41) is 12.3. The zero-order valence-corrected chi connectivity index (χ0v) is 33.4. The van der Waals surface area contributed by atoms with E-state index in [1.165, 1.54) is 81.6 Å². The van der Waals surface area contributed by atoms with Crippen LogP contribution in [0.25, 0.3) is 60.9 Å². The van der Waals surface area contributed by atoms with Gasteiger partial charge in [-0.15, -0.1) is 10.2 Å². The van der Waals surface area contributed by atoms with Crippen molar-refractivity contribution in [3.63, 3.8) is 0 Å². The summed E-state index contributed by atoms with van der Waals surface area (Å²) in [4.78, 5) is 1.76.